The minimum Gasteiger partial charge on any atom is -0.312 e. The van der Waals surface area contributed by atoms with Gasteiger partial charge in [0.2, 0.25) is 0 Å². The van der Waals surface area contributed by atoms with Crippen molar-refractivity contribution < 1.29 is 0 Å². The summed E-state index contributed by atoms with van der Waals surface area (Å²) in [6.07, 6.45) is 6.79. The number of hydrogen-bond donors (Lipinski definition) is 1. The van der Waals surface area contributed by atoms with Crippen LogP contribution in [0.25, 0.3) is 0 Å². The molecule has 2 heterocycles. The van der Waals surface area contributed by atoms with Crippen LogP contribution in [0.3, 0.4) is 0 Å². The average Bonchev–Trinajstić information content (AvgIpc) is 2.59. The van der Waals surface area contributed by atoms with Gasteiger partial charge in [-0.25, -0.2) is 0 Å². The fourth-order valence-electron chi connectivity index (χ4n) is 1.98. The van der Waals surface area contributed by atoms with Crippen molar-refractivity contribution in [2.75, 3.05) is 18.8 Å². The van der Waals surface area contributed by atoms with Gasteiger partial charge < -0.3 is 9.88 Å². The zero-order valence-corrected chi connectivity index (χ0v) is 11.0. The van der Waals surface area contributed by atoms with Crippen LogP contribution in [0.5, 0.6) is 0 Å². The SMILES string of the molecule is C=CCNCCSc1nnc2n1CCCCC2. The van der Waals surface area contributed by atoms with Gasteiger partial charge in [0.15, 0.2) is 5.16 Å². The average molecular weight is 252 g/mol. The van der Waals surface area contributed by atoms with Crippen molar-refractivity contribution in [3.63, 3.8) is 0 Å². The van der Waals surface area contributed by atoms with Crippen molar-refractivity contribution in [1.82, 2.24) is 20.1 Å². The molecule has 94 valence electrons. The molecular formula is C12H20N4S. The maximum atomic E-state index is 4.29. The van der Waals surface area contributed by atoms with E-state index in [0.717, 1.165) is 37.0 Å². The first kappa shape index (κ1) is 12.6. The van der Waals surface area contributed by atoms with Crippen LogP contribution in [0, 0.1) is 0 Å². The highest BCUT2D eigenvalue weighted by atomic mass is 32.2. The molecule has 0 amide bonds. The smallest absolute Gasteiger partial charge is 0.191 e. The predicted molar refractivity (Wildman–Crippen MR) is 71.4 cm³/mol. The Bertz CT molecular complexity index is 361. The number of rotatable bonds is 6. The number of aryl methyl sites for hydroxylation is 1. The van der Waals surface area contributed by atoms with Gasteiger partial charge in [-0.2, -0.15) is 0 Å². The molecule has 1 N–H and O–H groups in total. The molecule has 0 spiro atoms. The summed E-state index contributed by atoms with van der Waals surface area (Å²) in [6, 6.07) is 0. The van der Waals surface area contributed by atoms with Gasteiger partial charge in [0.25, 0.3) is 0 Å². The van der Waals surface area contributed by atoms with Gasteiger partial charge in [0.05, 0.1) is 0 Å². The van der Waals surface area contributed by atoms with Gasteiger partial charge in [-0.05, 0) is 12.8 Å². The Morgan fingerprint density at radius 3 is 3.18 bits per heavy atom. The summed E-state index contributed by atoms with van der Waals surface area (Å²) in [5.41, 5.74) is 0. The number of aromatic nitrogens is 3. The lowest BCUT2D eigenvalue weighted by atomic mass is 10.2. The van der Waals surface area contributed by atoms with E-state index in [2.05, 4.69) is 26.7 Å². The quantitative estimate of drug-likeness (QED) is 0.477. The number of nitrogens with zero attached hydrogens (tertiary/aromatic N) is 3. The van der Waals surface area contributed by atoms with E-state index in [1.165, 1.54) is 25.1 Å². The fraction of sp³-hybridized carbons (Fsp3) is 0.667. The lowest BCUT2D eigenvalue weighted by molar-refractivity contribution is 0.590. The van der Waals surface area contributed by atoms with Crippen molar-refractivity contribution in [1.29, 1.82) is 0 Å². The molecule has 5 heteroatoms. The van der Waals surface area contributed by atoms with E-state index < -0.39 is 0 Å². The summed E-state index contributed by atoms with van der Waals surface area (Å²) in [5, 5.41) is 13.0. The molecule has 1 aromatic rings. The standard InChI is InChI=1S/C12H20N4S/c1-2-7-13-8-10-17-12-15-14-11-6-4-3-5-9-16(11)12/h2,13H,1,3-10H2. The predicted octanol–water partition coefficient (Wildman–Crippen LogP) is 1.87. The molecule has 0 aliphatic carbocycles. The summed E-state index contributed by atoms with van der Waals surface area (Å²) < 4.78 is 2.30. The van der Waals surface area contributed by atoms with Gasteiger partial charge in [-0.1, -0.05) is 24.3 Å². The lowest BCUT2D eigenvalue weighted by Crippen LogP contribution is -2.16. The molecule has 0 bridgehead atoms. The first-order valence-corrected chi connectivity index (χ1v) is 7.27. The van der Waals surface area contributed by atoms with Crippen molar-refractivity contribution in [3.8, 4) is 0 Å². The Balaban J connectivity index is 1.84. The maximum Gasteiger partial charge on any atom is 0.191 e. The number of thioether (sulfide) groups is 1. The second-order valence-corrected chi connectivity index (χ2v) is 5.26. The number of fused-ring (bicyclic) bond motifs is 1. The normalized spacial score (nSPS) is 15.3. The molecule has 0 saturated heterocycles. The largest absolute Gasteiger partial charge is 0.312 e. The highest BCUT2D eigenvalue weighted by Crippen LogP contribution is 2.21. The second-order valence-electron chi connectivity index (χ2n) is 4.20. The Labute approximate surface area is 107 Å². The van der Waals surface area contributed by atoms with Crippen molar-refractivity contribution in [3.05, 3.63) is 18.5 Å². The molecule has 4 nitrogen and oxygen atoms in total. The second kappa shape index (κ2) is 6.81. The molecule has 1 aliphatic heterocycles. The molecular weight excluding hydrogens is 232 g/mol. The minimum atomic E-state index is 0.874. The number of hydrogen-bond acceptors (Lipinski definition) is 4. The fourth-order valence-corrected chi connectivity index (χ4v) is 2.86. The molecule has 1 aromatic heterocycles. The van der Waals surface area contributed by atoms with E-state index in [9.17, 15) is 0 Å². The molecule has 2 rings (SSSR count). The highest BCUT2D eigenvalue weighted by Gasteiger charge is 2.14. The van der Waals surface area contributed by atoms with Gasteiger partial charge in [0, 0.05) is 31.8 Å². The van der Waals surface area contributed by atoms with E-state index in [4.69, 9.17) is 0 Å². The first-order valence-electron chi connectivity index (χ1n) is 6.28. The van der Waals surface area contributed by atoms with Crippen molar-refractivity contribution in [2.24, 2.45) is 0 Å². The van der Waals surface area contributed by atoms with Crippen LogP contribution in [0.2, 0.25) is 0 Å². The molecule has 0 fully saturated rings. The Kier molecular flexibility index (Phi) is 5.07. The van der Waals surface area contributed by atoms with E-state index in [0.29, 0.717) is 0 Å². The van der Waals surface area contributed by atoms with E-state index >= 15 is 0 Å². The summed E-state index contributed by atoms with van der Waals surface area (Å²) in [6.45, 7) is 6.63. The van der Waals surface area contributed by atoms with Crippen LogP contribution < -0.4 is 5.32 Å². The summed E-state index contributed by atoms with van der Waals surface area (Å²) in [7, 11) is 0. The molecule has 0 unspecified atom stereocenters. The zero-order valence-electron chi connectivity index (χ0n) is 10.2. The summed E-state index contributed by atoms with van der Waals surface area (Å²) >= 11 is 1.79. The maximum absolute atomic E-state index is 4.29. The van der Waals surface area contributed by atoms with Gasteiger partial charge in [-0.15, -0.1) is 16.8 Å². The third kappa shape index (κ3) is 3.57. The van der Waals surface area contributed by atoms with E-state index in [-0.39, 0.29) is 0 Å². The van der Waals surface area contributed by atoms with Crippen LogP contribution in [-0.2, 0) is 13.0 Å². The monoisotopic (exact) mass is 252 g/mol. The molecule has 0 radical (unpaired) electrons. The van der Waals surface area contributed by atoms with Crippen molar-refractivity contribution in [2.45, 2.75) is 37.4 Å². The molecule has 17 heavy (non-hydrogen) atoms. The van der Waals surface area contributed by atoms with Gasteiger partial charge in [-0.3, -0.25) is 0 Å². The van der Waals surface area contributed by atoms with Gasteiger partial charge >= 0.3 is 0 Å². The Morgan fingerprint density at radius 1 is 1.35 bits per heavy atom. The van der Waals surface area contributed by atoms with Crippen LogP contribution in [0.1, 0.15) is 25.1 Å². The van der Waals surface area contributed by atoms with Gasteiger partial charge in [0.1, 0.15) is 5.82 Å². The molecule has 0 saturated carbocycles. The van der Waals surface area contributed by atoms with Crippen LogP contribution in [0.15, 0.2) is 17.8 Å². The van der Waals surface area contributed by atoms with Crippen LogP contribution in [0.4, 0.5) is 0 Å². The number of nitrogens with one attached hydrogen (secondary N) is 1. The highest BCUT2D eigenvalue weighted by molar-refractivity contribution is 7.99. The Morgan fingerprint density at radius 2 is 2.29 bits per heavy atom. The first-order chi connectivity index (χ1) is 8.42. The third-order valence-electron chi connectivity index (χ3n) is 2.87. The topological polar surface area (TPSA) is 42.7 Å². The minimum absolute atomic E-state index is 0.874. The zero-order chi connectivity index (χ0) is 11.9. The van der Waals surface area contributed by atoms with E-state index in [1.54, 1.807) is 11.8 Å². The summed E-state index contributed by atoms with van der Waals surface area (Å²) in [4.78, 5) is 0. The summed E-state index contributed by atoms with van der Waals surface area (Å²) in [5.74, 6) is 2.20. The third-order valence-corrected chi connectivity index (χ3v) is 3.84. The Hall–Kier alpha value is -0.810. The van der Waals surface area contributed by atoms with Crippen LogP contribution >= 0.6 is 11.8 Å². The van der Waals surface area contributed by atoms with E-state index in [1.807, 2.05) is 6.08 Å². The van der Waals surface area contributed by atoms with Crippen molar-refractivity contribution >= 4 is 11.8 Å². The molecule has 0 aromatic carbocycles. The molecule has 0 atom stereocenters. The molecule has 1 aliphatic rings. The van der Waals surface area contributed by atoms with Crippen LogP contribution in [-0.4, -0.2) is 33.6 Å². The lowest BCUT2D eigenvalue weighted by Gasteiger charge is -2.06.